The molecule has 0 aliphatic carbocycles. The molecule has 100 valence electrons. The van der Waals surface area contributed by atoms with E-state index in [9.17, 15) is 9.59 Å². The van der Waals surface area contributed by atoms with Crippen LogP contribution in [0.4, 0.5) is 0 Å². The molecule has 0 unspecified atom stereocenters. The first-order valence-corrected chi connectivity index (χ1v) is 5.94. The van der Waals surface area contributed by atoms with Crippen LogP contribution >= 0.6 is 0 Å². The van der Waals surface area contributed by atoms with Crippen LogP contribution in [-0.2, 0) is 27.2 Å². The van der Waals surface area contributed by atoms with Crippen LogP contribution in [0.15, 0.2) is 40.3 Å². The van der Waals surface area contributed by atoms with Gasteiger partial charge in [-0.2, -0.15) is 0 Å². The molecule has 0 saturated heterocycles. The summed E-state index contributed by atoms with van der Waals surface area (Å²) in [6.07, 6.45) is 5.02. The Morgan fingerprint density at radius 1 is 1.16 bits per heavy atom. The monoisotopic (exact) mass is 260 g/mol. The summed E-state index contributed by atoms with van der Waals surface area (Å²) in [5, 5.41) is 3.18. The normalized spacial score (nSPS) is 10.6. The van der Waals surface area contributed by atoms with Gasteiger partial charge in [-0.1, -0.05) is 0 Å². The van der Waals surface area contributed by atoms with E-state index in [-0.39, 0.29) is 11.2 Å². The second-order valence-electron chi connectivity index (χ2n) is 4.37. The largest absolute Gasteiger partial charge is 0.330 e. The van der Waals surface area contributed by atoms with Crippen molar-refractivity contribution in [2.45, 2.75) is 13.1 Å². The fraction of sp³-hybridized carbons (Fsp3) is 0.308. The van der Waals surface area contributed by atoms with Crippen LogP contribution in [0, 0.1) is 0 Å². The highest BCUT2D eigenvalue weighted by molar-refractivity contribution is 5.10. The summed E-state index contributed by atoms with van der Waals surface area (Å²) in [5.74, 6) is 0. The molecule has 0 radical (unpaired) electrons. The van der Waals surface area contributed by atoms with E-state index < -0.39 is 0 Å². The first kappa shape index (κ1) is 13.2. The molecule has 0 bridgehead atoms. The smallest absolute Gasteiger partial charge is 0.308 e. The van der Waals surface area contributed by atoms with E-state index in [1.54, 1.807) is 25.6 Å². The maximum absolute atomic E-state index is 11.9. The summed E-state index contributed by atoms with van der Waals surface area (Å²) in [6.45, 7) is 1.07. The Bertz CT molecular complexity index is 673. The molecule has 0 aromatic carbocycles. The van der Waals surface area contributed by atoms with Crippen LogP contribution in [0.25, 0.3) is 0 Å². The van der Waals surface area contributed by atoms with Gasteiger partial charge in [0.25, 0.3) is 5.56 Å². The average molecular weight is 260 g/mol. The van der Waals surface area contributed by atoms with Crippen molar-refractivity contribution in [3.8, 4) is 0 Å². The minimum Gasteiger partial charge on any atom is -0.308 e. The zero-order chi connectivity index (χ0) is 13.8. The van der Waals surface area contributed by atoms with Crippen molar-refractivity contribution in [1.82, 2.24) is 19.4 Å². The standard InChI is InChI=1S/C13H16N4O2/c1-16-9-11(12(18)17(2)13(16)19)8-15-7-10-3-5-14-6-4-10/h3-6,9,15H,7-8H2,1-2H3. The molecule has 19 heavy (non-hydrogen) atoms. The van der Waals surface area contributed by atoms with Gasteiger partial charge in [0, 0.05) is 51.3 Å². The summed E-state index contributed by atoms with van der Waals surface area (Å²) in [4.78, 5) is 27.4. The third kappa shape index (κ3) is 2.97. The molecule has 0 saturated carbocycles. The van der Waals surface area contributed by atoms with Crippen LogP contribution in [0.2, 0.25) is 0 Å². The minimum absolute atomic E-state index is 0.259. The molecule has 1 N–H and O–H groups in total. The van der Waals surface area contributed by atoms with Crippen molar-refractivity contribution in [2.24, 2.45) is 14.1 Å². The molecule has 2 aromatic heterocycles. The number of aromatic nitrogens is 3. The lowest BCUT2D eigenvalue weighted by Crippen LogP contribution is -2.39. The fourth-order valence-corrected chi connectivity index (χ4v) is 1.85. The third-order valence-corrected chi connectivity index (χ3v) is 2.91. The molecule has 0 amide bonds. The van der Waals surface area contributed by atoms with Crippen molar-refractivity contribution in [3.05, 3.63) is 62.7 Å². The van der Waals surface area contributed by atoms with E-state index in [1.165, 1.54) is 11.6 Å². The van der Waals surface area contributed by atoms with Gasteiger partial charge < -0.3 is 9.88 Å². The Morgan fingerprint density at radius 2 is 1.84 bits per heavy atom. The second-order valence-corrected chi connectivity index (χ2v) is 4.37. The fourth-order valence-electron chi connectivity index (χ4n) is 1.85. The number of hydrogen-bond donors (Lipinski definition) is 1. The van der Waals surface area contributed by atoms with Gasteiger partial charge in [0.1, 0.15) is 0 Å². The zero-order valence-corrected chi connectivity index (χ0v) is 11.0. The lowest BCUT2D eigenvalue weighted by Gasteiger charge is -2.08. The predicted molar refractivity (Wildman–Crippen MR) is 71.7 cm³/mol. The summed E-state index contributed by atoms with van der Waals surface area (Å²) in [6, 6.07) is 3.82. The van der Waals surface area contributed by atoms with Gasteiger partial charge >= 0.3 is 5.69 Å². The first-order chi connectivity index (χ1) is 9.09. The van der Waals surface area contributed by atoms with Gasteiger partial charge in [-0.3, -0.25) is 14.3 Å². The predicted octanol–water partition coefficient (Wildman–Crippen LogP) is -0.231. The van der Waals surface area contributed by atoms with Gasteiger partial charge in [0.05, 0.1) is 0 Å². The van der Waals surface area contributed by atoms with Crippen molar-refractivity contribution in [3.63, 3.8) is 0 Å². The molecule has 0 fully saturated rings. The Hall–Kier alpha value is -2.21. The molecule has 0 aliphatic heterocycles. The molecule has 6 nitrogen and oxygen atoms in total. The average Bonchev–Trinajstić information content (AvgIpc) is 2.43. The van der Waals surface area contributed by atoms with E-state index in [2.05, 4.69) is 10.3 Å². The van der Waals surface area contributed by atoms with Gasteiger partial charge in [0.2, 0.25) is 0 Å². The molecule has 0 aliphatic rings. The Balaban J connectivity index is 2.09. The van der Waals surface area contributed by atoms with Crippen molar-refractivity contribution in [2.75, 3.05) is 0 Å². The molecule has 0 spiro atoms. The number of rotatable bonds is 4. The van der Waals surface area contributed by atoms with Crippen LogP contribution in [0.3, 0.4) is 0 Å². The number of aryl methyl sites for hydroxylation is 1. The molecule has 2 aromatic rings. The second kappa shape index (κ2) is 5.62. The van der Waals surface area contributed by atoms with E-state index in [0.29, 0.717) is 18.7 Å². The molecular formula is C13H16N4O2. The van der Waals surface area contributed by atoms with Crippen LogP contribution in [0.1, 0.15) is 11.1 Å². The Morgan fingerprint density at radius 3 is 2.53 bits per heavy atom. The quantitative estimate of drug-likeness (QED) is 0.824. The lowest BCUT2D eigenvalue weighted by atomic mass is 10.2. The molecule has 2 heterocycles. The number of nitrogens with zero attached hydrogens (tertiary/aromatic N) is 3. The van der Waals surface area contributed by atoms with Crippen molar-refractivity contribution < 1.29 is 0 Å². The van der Waals surface area contributed by atoms with E-state index in [4.69, 9.17) is 0 Å². The summed E-state index contributed by atoms with van der Waals surface area (Å²) in [7, 11) is 3.12. The number of pyridine rings is 1. The maximum atomic E-state index is 11.9. The summed E-state index contributed by atoms with van der Waals surface area (Å²) >= 11 is 0. The van der Waals surface area contributed by atoms with Crippen molar-refractivity contribution in [1.29, 1.82) is 0 Å². The van der Waals surface area contributed by atoms with Gasteiger partial charge in [-0.15, -0.1) is 0 Å². The van der Waals surface area contributed by atoms with Gasteiger partial charge in [-0.05, 0) is 17.7 Å². The highest BCUT2D eigenvalue weighted by Gasteiger charge is 2.06. The Kier molecular flexibility index (Phi) is 3.91. The minimum atomic E-state index is -0.317. The van der Waals surface area contributed by atoms with E-state index in [0.717, 1.165) is 10.1 Å². The topological polar surface area (TPSA) is 68.9 Å². The summed E-state index contributed by atoms with van der Waals surface area (Å²) < 4.78 is 2.52. The van der Waals surface area contributed by atoms with E-state index in [1.807, 2.05) is 12.1 Å². The maximum Gasteiger partial charge on any atom is 0.330 e. The van der Waals surface area contributed by atoms with Gasteiger partial charge in [0.15, 0.2) is 0 Å². The molecule has 2 rings (SSSR count). The molecular weight excluding hydrogens is 244 g/mol. The van der Waals surface area contributed by atoms with Crippen LogP contribution in [0.5, 0.6) is 0 Å². The molecule has 6 heteroatoms. The third-order valence-electron chi connectivity index (χ3n) is 2.91. The van der Waals surface area contributed by atoms with Crippen molar-refractivity contribution >= 4 is 0 Å². The van der Waals surface area contributed by atoms with E-state index >= 15 is 0 Å². The number of nitrogens with one attached hydrogen (secondary N) is 1. The first-order valence-electron chi connectivity index (χ1n) is 5.94. The van der Waals surface area contributed by atoms with Crippen LogP contribution < -0.4 is 16.6 Å². The summed E-state index contributed by atoms with van der Waals surface area (Å²) in [5.41, 5.74) is 1.09. The van der Waals surface area contributed by atoms with Crippen LogP contribution in [-0.4, -0.2) is 14.1 Å². The Labute approximate surface area is 110 Å². The molecule has 0 atom stereocenters. The number of hydrogen-bond acceptors (Lipinski definition) is 4. The zero-order valence-electron chi connectivity index (χ0n) is 11.0. The SMILES string of the molecule is Cn1cc(CNCc2ccncc2)c(=O)n(C)c1=O. The lowest BCUT2D eigenvalue weighted by molar-refractivity contribution is 0.630. The highest BCUT2D eigenvalue weighted by atomic mass is 16.2. The van der Waals surface area contributed by atoms with Gasteiger partial charge in [-0.25, -0.2) is 4.79 Å². The highest BCUT2D eigenvalue weighted by Crippen LogP contribution is 1.96.